The first-order valence-corrected chi connectivity index (χ1v) is 8.01. The Hall–Kier alpha value is -2.37. The van der Waals surface area contributed by atoms with E-state index < -0.39 is 0 Å². The van der Waals surface area contributed by atoms with Crippen LogP contribution in [0.4, 0.5) is 0 Å². The highest BCUT2D eigenvalue weighted by Gasteiger charge is 2.13. The maximum atomic E-state index is 12.3. The number of carbonyl (C=O) groups excluding carboxylic acids is 1. The molecule has 0 aliphatic heterocycles. The van der Waals surface area contributed by atoms with Crippen LogP contribution in [0.25, 0.3) is 10.8 Å². The molecule has 0 saturated heterocycles. The van der Waals surface area contributed by atoms with Gasteiger partial charge >= 0.3 is 0 Å². The average Bonchev–Trinajstić information content (AvgIpc) is 2.57. The van der Waals surface area contributed by atoms with Crippen LogP contribution in [0.3, 0.4) is 0 Å². The van der Waals surface area contributed by atoms with E-state index in [-0.39, 0.29) is 17.2 Å². The van der Waals surface area contributed by atoms with E-state index >= 15 is 0 Å². The van der Waals surface area contributed by atoms with Crippen molar-refractivity contribution in [3.8, 4) is 0 Å². The van der Waals surface area contributed by atoms with E-state index in [2.05, 4.69) is 15.5 Å². The molecule has 0 saturated carbocycles. The number of fused-ring (bicyclic) bond motifs is 1. The number of rotatable bonds is 4. The van der Waals surface area contributed by atoms with Gasteiger partial charge < -0.3 is 5.32 Å². The first-order chi connectivity index (χ1) is 11.6. The molecule has 1 amide bonds. The predicted octanol–water partition coefficient (Wildman–Crippen LogP) is 3.20. The molecule has 0 aliphatic carbocycles. The lowest BCUT2D eigenvalue weighted by molar-refractivity contribution is 0.0950. The third-order valence-corrected chi connectivity index (χ3v) is 4.19. The predicted molar refractivity (Wildman–Crippen MR) is 94.9 cm³/mol. The maximum absolute atomic E-state index is 12.3. The fourth-order valence-electron chi connectivity index (χ4n) is 2.41. The molecule has 0 spiro atoms. The summed E-state index contributed by atoms with van der Waals surface area (Å²) in [6.45, 7) is 0.384. The topological polar surface area (TPSA) is 74.8 Å². The Bertz CT molecular complexity index is 969. The van der Waals surface area contributed by atoms with Crippen molar-refractivity contribution < 1.29 is 4.79 Å². The average molecular weight is 362 g/mol. The summed E-state index contributed by atoms with van der Waals surface area (Å²) in [4.78, 5) is 24.1. The molecule has 24 heavy (non-hydrogen) atoms. The molecular weight excluding hydrogens is 349 g/mol. The zero-order valence-electron chi connectivity index (χ0n) is 12.5. The molecule has 0 bridgehead atoms. The van der Waals surface area contributed by atoms with Gasteiger partial charge in [-0.25, -0.2) is 5.10 Å². The highest BCUT2D eigenvalue weighted by atomic mass is 35.5. The van der Waals surface area contributed by atoms with Crippen LogP contribution < -0.4 is 10.9 Å². The van der Waals surface area contributed by atoms with Crippen LogP contribution >= 0.6 is 23.2 Å². The Kier molecular flexibility index (Phi) is 4.83. The highest BCUT2D eigenvalue weighted by molar-refractivity contribution is 6.35. The Balaban J connectivity index is 1.74. The second kappa shape index (κ2) is 7.03. The molecule has 2 N–H and O–H groups in total. The maximum Gasteiger partial charge on any atom is 0.272 e. The van der Waals surface area contributed by atoms with Gasteiger partial charge in [-0.3, -0.25) is 9.59 Å². The third-order valence-electron chi connectivity index (χ3n) is 3.61. The fourth-order valence-corrected chi connectivity index (χ4v) is 2.91. The van der Waals surface area contributed by atoms with Crippen molar-refractivity contribution in [2.75, 3.05) is 6.54 Å². The number of nitrogens with zero attached hydrogens (tertiary/aromatic N) is 1. The molecule has 7 heteroatoms. The Morgan fingerprint density at radius 3 is 2.62 bits per heavy atom. The van der Waals surface area contributed by atoms with Crippen LogP contribution in [0.5, 0.6) is 0 Å². The Morgan fingerprint density at radius 2 is 1.88 bits per heavy atom. The molecule has 2 aromatic carbocycles. The van der Waals surface area contributed by atoms with Gasteiger partial charge in [-0.15, -0.1) is 0 Å². The molecule has 3 aromatic rings. The number of hydrogen-bond donors (Lipinski definition) is 2. The zero-order chi connectivity index (χ0) is 17.1. The van der Waals surface area contributed by atoms with E-state index in [1.165, 1.54) is 0 Å². The van der Waals surface area contributed by atoms with Gasteiger partial charge in [-0.1, -0.05) is 47.5 Å². The summed E-state index contributed by atoms with van der Waals surface area (Å²) in [5.41, 5.74) is 0.753. The Labute approximate surface area is 147 Å². The second-order valence-corrected chi connectivity index (χ2v) is 6.03. The monoisotopic (exact) mass is 361 g/mol. The lowest BCUT2D eigenvalue weighted by Gasteiger charge is -2.08. The standard InChI is InChI=1S/C17H13Cl2N3O2/c18-11-6-5-10(14(19)9-11)7-8-20-17(24)15-12-3-1-2-4-13(12)16(23)22-21-15/h1-6,9H,7-8H2,(H,20,24)(H,22,23). The number of hydrogen-bond acceptors (Lipinski definition) is 3. The van der Waals surface area contributed by atoms with Gasteiger partial charge in [0, 0.05) is 22.0 Å². The van der Waals surface area contributed by atoms with E-state index in [4.69, 9.17) is 23.2 Å². The summed E-state index contributed by atoms with van der Waals surface area (Å²) in [6.07, 6.45) is 0.559. The number of aromatic amines is 1. The van der Waals surface area contributed by atoms with Crippen LogP contribution in [0.1, 0.15) is 16.1 Å². The van der Waals surface area contributed by atoms with Crippen molar-refractivity contribution in [3.63, 3.8) is 0 Å². The molecule has 5 nitrogen and oxygen atoms in total. The summed E-state index contributed by atoms with van der Waals surface area (Å²) in [5, 5.41) is 11.1. The van der Waals surface area contributed by atoms with Gasteiger partial charge in [-0.2, -0.15) is 5.10 Å². The quantitative estimate of drug-likeness (QED) is 0.749. The van der Waals surface area contributed by atoms with Crippen molar-refractivity contribution >= 4 is 39.9 Å². The molecule has 1 aromatic heterocycles. The summed E-state index contributed by atoms with van der Waals surface area (Å²) in [5.74, 6) is -0.354. The third kappa shape index (κ3) is 3.42. The van der Waals surface area contributed by atoms with Crippen molar-refractivity contribution in [1.29, 1.82) is 0 Å². The largest absolute Gasteiger partial charge is 0.350 e. The first kappa shape index (κ1) is 16.5. The van der Waals surface area contributed by atoms with E-state index in [0.29, 0.717) is 33.8 Å². The van der Waals surface area contributed by atoms with Crippen LogP contribution in [-0.2, 0) is 6.42 Å². The summed E-state index contributed by atoms with van der Waals surface area (Å²) >= 11 is 12.0. The number of carbonyl (C=O) groups is 1. The normalized spacial score (nSPS) is 10.8. The van der Waals surface area contributed by atoms with Gasteiger partial charge in [-0.05, 0) is 30.2 Å². The minimum Gasteiger partial charge on any atom is -0.350 e. The summed E-state index contributed by atoms with van der Waals surface area (Å²) < 4.78 is 0. The highest BCUT2D eigenvalue weighted by Crippen LogP contribution is 2.21. The van der Waals surface area contributed by atoms with E-state index in [9.17, 15) is 9.59 Å². The molecular formula is C17H13Cl2N3O2. The van der Waals surface area contributed by atoms with Gasteiger partial charge in [0.1, 0.15) is 0 Å². The van der Waals surface area contributed by atoms with E-state index in [1.54, 1.807) is 36.4 Å². The molecule has 3 rings (SSSR count). The lowest BCUT2D eigenvalue weighted by Crippen LogP contribution is -2.28. The van der Waals surface area contributed by atoms with E-state index in [0.717, 1.165) is 5.56 Å². The molecule has 0 aliphatic rings. The van der Waals surface area contributed by atoms with Gasteiger partial charge in [0.15, 0.2) is 5.69 Å². The van der Waals surface area contributed by atoms with Gasteiger partial charge in [0.2, 0.25) is 0 Å². The Morgan fingerprint density at radius 1 is 1.12 bits per heavy atom. The number of H-pyrrole nitrogens is 1. The smallest absolute Gasteiger partial charge is 0.272 e. The molecule has 122 valence electrons. The number of amides is 1. The number of aromatic nitrogens is 2. The molecule has 1 heterocycles. The SMILES string of the molecule is O=C(NCCc1ccc(Cl)cc1Cl)c1n[nH]c(=O)c2ccccc12. The number of nitrogens with one attached hydrogen (secondary N) is 2. The van der Waals surface area contributed by atoms with Crippen molar-refractivity contribution in [3.05, 3.63) is 74.1 Å². The van der Waals surface area contributed by atoms with E-state index in [1.807, 2.05) is 6.07 Å². The number of halogens is 2. The number of benzene rings is 2. The van der Waals surface area contributed by atoms with Crippen LogP contribution in [-0.4, -0.2) is 22.6 Å². The van der Waals surface area contributed by atoms with Gasteiger partial charge in [0.05, 0.1) is 5.39 Å². The summed E-state index contributed by atoms with van der Waals surface area (Å²) in [7, 11) is 0. The second-order valence-electron chi connectivity index (χ2n) is 5.19. The van der Waals surface area contributed by atoms with Crippen molar-refractivity contribution in [1.82, 2.24) is 15.5 Å². The zero-order valence-corrected chi connectivity index (χ0v) is 14.0. The first-order valence-electron chi connectivity index (χ1n) is 7.26. The van der Waals surface area contributed by atoms with Crippen LogP contribution in [0.15, 0.2) is 47.3 Å². The fraction of sp³-hybridized carbons (Fsp3) is 0.118. The van der Waals surface area contributed by atoms with Crippen LogP contribution in [0, 0.1) is 0 Å². The van der Waals surface area contributed by atoms with Crippen LogP contribution in [0.2, 0.25) is 10.0 Å². The molecule has 0 unspecified atom stereocenters. The van der Waals surface area contributed by atoms with Crippen molar-refractivity contribution in [2.45, 2.75) is 6.42 Å². The molecule has 0 radical (unpaired) electrons. The molecule has 0 atom stereocenters. The molecule has 0 fully saturated rings. The van der Waals surface area contributed by atoms with Gasteiger partial charge in [0.25, 0.3) is 11.5 Å². The summed E-state index contributed by atoms with van der Waals surface area (Å²) in [6, 6.07) is 12.1. The van der Waals surface area contributed by atoms with Crippen molar-refractivity contribution in [2.24, 2.45) is 0 Å². The minimum absolute atomic E-state index is 0.187. The minimum atomic E-state index is -0.354. The lowest BCUT2D eigenvalue weighted by atomic mass is 10.1.